The second kappa shape index (κ2) is 11.7. The van der Waals surface area contributed by atoms with Gasteiger partial charge in [-0.25, -0.2) is 4.98 Å². The van der Waals surface area contributed by atoms with Gasteiger partial charge in [0.25, 0.3) is 0 Å². The zero-order valence-electron chi connectivity index (χ0n) is 17.9. The molecule has 1 unspecified atom stereocenters. The molecule has 164 valence electrons. The van der Waals surface area contributed by atoms with Crippen LogP contribution in [0.5, 0.6) is 5.88 Å². The molecule has 3 heterocycles. The summed E-state index contributed by atoms with van der Waals surface area (Å²) in [6, 6.07) is 3.89. The molecule has 0 spiro atoms. The molecular formula is C22H32N4O4. The Morgan fingerprint density at radius 3 is 2.80 bits per heavy atom. The number of ether oxygens (including phenoxy) is 4. The Bertz CT molecular complexity index is 775. The minimum Gasteiger partial charge on any atom is -0.475 e. The maximum Gasteiger partial charge on any atom is 0.213 e. The highest BCUT2D eigenvalue weighted by Crippen LogP contribution is 2.32. The van der Waals surface area contributed by atoms with E-state index in [1.807, 2.05) is 32.3 Å². The Hall–Kier alpha value is -2.42. The van der Waals surface area contributed by atoms with E-state index in [2.05, 4.69) is 21.7 Å². The van der Waals surface area contributed by atoms with Crippen LogP contribution in [0, 0.1) is 0 Å². The number of aromatic amines is 1. The summed E-state index contributed by atoms with van der Waals surface area (Å²) in [6.07, 6.45) is 6.84. The fourth-order valence-corrected chi connectivity index (χ4v) is 3.33. The van der Waals surface area contributed by atoms with Gasteiger partial charge in [-0.2, -0.15) is 5.10 Å². The van der Waals surface area contributed by atoms with Crippen LogP contribution in [0.1, 0.15) is 37.4 Å². The summed E-state index contributed by atoms with van der Waals surface area (Å²) in [5.41, 5.74) is 3.37. The highest BCUT2D eigenvalue weighted by molar-refractivity contribution is 5.82. The number of pyridine rings is 1. The van der Waals surface area contributed by atoms with E-state index in [0.717, 1.165) is 48.4 Å². The number of aromatic nitrogens is 3. The Kier molecular flexibility index (Phi) is 8.67. The van der Waals surface area contributed by atoms with E-state index < -0.39 is 0 Å². The van der Waals surface area contributed by atoms with Gasteiger partial charge in [-0.3, -0.25) is 5.10 Å². The van der Waals surface area contributed by atoms with Crippen molar-refractivity contribution in [3.8, 4) is 5.88 Å². The predicted molar refractivity (Wildman–Crippen MR) is 116 cm³/mol. The Morgan fingerprint density at radius 1 is 1.23 bits per heavy atom. The third-order valence-electron chi connectivity index (χ3n) is 5.00. The van der Waals surface area contributed by atoms with E-state index in [9.17, 15) is 0 Å². The zero-order valence-corrected chi connectivity index (χ0v) is 17.9. The average Bonchev–Trinajstić information content (AvgIpc) is 3.33. The molecule has 1 N–H and O–H groups in total. The maximum absolute atomic E-state index is 5.96. The average molecular weight is 417 g/mol. The summed E-state index contributed by atoms with van der Waals surface area (Å²) in [5.74, 6) is 0.532. The van der Waals surface area contributed by atoms with Crippen LogP contribution in [-0.2, 0) is 14.2 Å². The van der Waals surface area contributed by atoms with Gasteiger partial charge in [-0.1, -0.05) is 6.58 Å². The molecule has 0 radical (unpaired) electrons. The number of hydrogen-bond acceptors (Lipinski definition) is 7. The van der Waals surface area contributed by atoms with Gasteiger partial charge in [-0.05, 0) is 32.3 Å². The van der Waals surface area contributed by atoms with Crippen LogP contribution in [0.3, 0.4) is 0 Å². The molecule has 30 heavy (non-hydrogen) atoms. The second-order valence-electron chi connectivity index (χ2n) is 7.07. The van der Waals surface area contributed by atoms with Crippen LogP contribution in [0.2, 0.25) is 0 Å². The Morgan fingerprint density at radius 2 is 2.07 bits per heavy atom. The van der Waals surface area contributed by atoms with Gasteiger partial charge in [0.15, 0.2) is 0 Å². The number of H-pyrrole nitrogens is 1. The van der Waals surface area contributed by atoms with Crippen molar-refractivity contribution in [1.29, 1.82) is 0 Å². The van der Waals surface area contributed by atoms with Gasteiger partial charge in [0.05, 0.1) is 37.4 Å². The van der Waals surface area contributed by atoms with E-state index in [1.54, 1.807) is 6.20 Å². The number of anilines is 1. The zero-order chi connectivity index (χ0) is 21.2. The largest absolute Gasteiger partial charge is 0.475 e. The molecule has 0 bridgehead atoms. The highest BCUT2D eigenvalue weighted by atomic mass is 16.5. The third kappa shape index (κ3) is 6.04. The van der Waals surface area contributed by atoms with Gasteiger partial charge >= 0.3 is 0 Å². The molecule has 3 rings (SSSR count). The molecule has 1 atom stereocenters. The van der Waals surface area contributed by atoms with Crippen molar-refractivity contribution in [2.75, 3.05) is 51.6 Å². The summed E-state index contributed by atoms with van der Waals surface area (Å²) >= 11 is 0. The third-order valence-corrected chi connectivity index (χ3v) is 5.00. The minimum absolute atomic E-state index is 0.0296. The topological polar surface area (TPSA) is 81.7 Å². The first-order valence-electron chi connectivity index (χ1n) is 10.5. The minimum atomic E-state index is 0.0296. The Balaban J connectivity index is 1.70. The van der Waals surface area contributed by atoms with E-state index in [0.29, 0.717) is 38.9 Å². The first kappa shape index (κ1) is 22.3. The maximum atomic E-state index is 5.96. The standard InChI is InChI=1S/C22H32N4O4/c1-4-27-11-12-28-13-14-29-20-9-8-19(26(3)21-7-5-6-10-30-21)22(25-20)17(2)18-15-23-24-16-18/h8-9,15-16,21H,2,4-7,10-14H2,1,3H3,(H,23,24). The van der Waals surface area contributed by atoms with Crippen molar-refractivity contribution in [2.45, 2.75) is 32.4 Å². The van der Waals surface area contributed by atoms with E-state index in [-0.39, 0.29) is 6.23 Å². The van der Waals surface area contributed by atoms with Crippen LogP contribution in [0.15, 0.2) is 31.1 Å². The van der Waals surface area contributed by atoms with Gasteiger partial charge < -0.3 is 23.8 Å². The second-order valence-corrected chi connectivity index (χ2v) is 7.07. The molecule has 0 aliphatic carbocycles. The molecule has 1 aliphatic heterocycles. The molecule has 1 fully saturated rings. The molecule has 2 aromatic rings. The molecular weight excluding hydrogens is 384 g/mol. The lowest BCUT2D eigenvalue weighted by atomic mass is 10.0. The summed E-state index contributed by atoms with van der Waals surface area (Å²) in [7, 11) is 2.03. The molecule has 8 heteroatoms. The van der Waals surface area contributed by atoms with Crippen molar-refractivity contribution < 1.29 is 18.9 Å². The fraction of sp³-hybridized carbons (Fsp3) is 0.545. The van der Waals surface area contributed by atoms with Crippen molar-refractivity contribution in [3.63, 3.8) is 0 Å². The quantitative estimate of drug-likeness (QED) is 0.532. The summed E-state index contributed by atoms with van der Waals surface area (Å²) in [4.78, 5) is 6.88. The van der Waals surface area contributed by atoms with E-state index in [1.165, 1.54) is 0 Å². The first-order chi connectivity index (χ1) is 14.7. The van der Waals surface area contributed by atoms with Crippen LogP contribution in [0.4, 0.5) is 5.69 Å². The molecule has 1 aliphatic rings. The molecule has 0 aromatic carbocycles. The Labute approximate surface area is 178 Å². The van der Waals surface area contributed by atoms with Gasteiger partial charge in [0.2, 0.25) is 5.88 Å². The molecule has 2 aromatic heterocycles. The first-order valence-corrected chi connectivity index (χ1v) is 10.5. The van der Waals surface area contributed by atoms with Crippen molar-refractivity contribution in [2.24, 2.45) is 0 Å². The normalized spacial score (nSPS) is 16.4. The number of hydrogen-bond donors (Lipinski definition) is 1. The van der Waals surface area contributed by atoms with Crippen LogP contribution in [-0.4, -0.2) is 68.1 Å². The lowest BCUT2D eigenvalue weighted by Crippen LogP contribution is -2.37. The van der Waals surface area contributed by atoms with Crippen LogP contribution >= 0.6 is 0 Å². The van der Waals surface area contributed by atoms with Gasteiger partial charge in [-0.15, -0.1) is 0 Å². The molecule has 1 saturated heterocycles. The van der Waals surface area contributed by atoms with Gasteiger partial charge in [0, 0.05) is 43.7 Å². The van der Waals surface area contributed by atoms with E-state index >= 15 is 0 Å². The summed E-state index contributed by atoms with van der Waals surface area (Å²) in [5, 5.41) is 6.87. The molecule has 0 amide bonds. The van der Waals surface area contributed by atoms with E-state index in [4.69, 9.17) is 23.9 Å². The summed E-state index contributed by atoms with van der Waals surface area (Å²) in [6.45, 7) is 9.73. The molecule has 0 saturated carbocycles. The number of rotatable bonds is 12. The predicted octanol–water partition coefficient (Wildman–Crippen LogP) is 3.26. The van der Waals surface area contributed by atoms with Crippen LogP contribution in [0.25, 0.3) is 5.57 Å². The number of nitrogens with one attached hydrogen (secondary N) is 1. The summed E-state index contributed by atoms with van der Waals surface area (Å²) < 4.78 is 22.5. The number of nitrogens with zero attached hydrogens (tertiary/aromatic N) is 3. The SMILES string of the molecule is C=C(c1cn[nH]c1)c1nc(OCCOCCOCC)ccc1N(C)C1CCCCO1. The monoisotopic (exact) mass is 416 g/mol. The van der Waals surface area contributed by atoms with Crippen molar-refractivity contribution >= 4 is 11.3 Å². The van der Waals surface area contributed by atoms with Crippen molar-refractivity contribution in [1.82, 2.24) is 15.2 Å². The highest BCUT2D eigenvalue weighted by Gasteiger charge is 2.23. The van der Waals surface area contributed by atoms with Crippen molar-refractivity contribution in [3.05, 3.63) is 42.4 Å². The smallest absolute Gasteiger partial charge is 0.213 e. The fourth-order valence-electron chi connectivity index (χ4n) is 3.33. The lowest BCUT2D eigenvalue weighted by molar-refractivity contribution is 0.0173. The van der Waals surface area contributed by atoms with Gasteiger partial charge in [0.1, 0.15) is 12.8 Å². The van der Waals surface area contributed by atoms with Crippen LogP contribution < -0.4 is 9.64 Å². The lowest BCUT2D eigenvalue weighted by Gasteiger charge is -2.34. The molecule has 8 nitrogen and oxygen atoms in total.